The Bertz CT molecular complexity index is 369. The van der Waals surface area contributed by atoms with Crippen molar-refractivity contribution < 1.29 is 0 Å². The first kappa shape index (κ1) is 14.9. The maximum absolute atomic E-state index is 4.70. The van der Waals surface area contributed by atoms with Gasteiger partial charge in [-0.15, -0.1) is 11.3 Å². The summed E-state index contributed by atoms with van der Waals surface area (Å²) in [6, 6.07) is 0.760. The SMILES string of the molecule is CCNCc1nc(CN2CCC(N(C)C)CC2)cs1. The van der Waals surface area contributed by atoms with Crippen LogP contribution in [0.25, 0.3) is 0 Å². The summed E-state index contributed by atoms with van der Waals surface area (Å²) in [6.07, 6.45) is 2.56. The van der Waals surface area contributed by atoms with E-state index in [4.69, 9.17) is 4.98 Å². The van der Waals surface area contributed by atoms with Gasteiger partial charge in [0.2, 0.25) is 0 Å². The van der Waals surface area contributed by atoms with E-state index in [0.29, 0.717) is 0 Å². The zero-order valence-electron chi connectivity index (χ0n) is 12.4. The normalized spacial score (nSPS) is 18.3. The van der Waals surface area contributed by atoms with Gasteiger partial charge in [-0.1, -0.05) is 6.92 Å². The summed E-state index contributed by atoms with van der Waals surface area (Å²) >= 11 is 1.78. The Morgan fingerprint density at radius 3 is 2.79 bits per heavy atom. The minimum atomic E-state index is 0.760. The van der Waals surface area contributed by atoms with E-state index in [1.165, 1.54) is 36.6 Å². The van der Waals surface area contributed by atoms with Crippen molar-refractivity contribution in [1.82, 2.24) is 20.1 Å². The van der Waals surface area contributed by atoms with Crippen molar-refractivity contribution in [3.8, 4) is 0 Å². The third kappa shape index (κ3) is 4.53. The quantitative estimate of drug-likeness (QED) is 0.862. The lowest BCUT2D eigenvalue weighted by molar-refractivity contribution is 0.139. The second-order valence-electron chi connectivity index (χ2n) is 5.48. The molecule has 1 fully saturated rings. The van der Waals surface area contributed by atoms with Crippen LogP contribution in [0.1, 0.15) is 30.5 Å². The molecule has 0 amide bonds. The summed E-state index contributed by atoms with van der Waals surface area (Å²) in [5, 5.41) is 6.75. The molecule has 1 aliphatic rings. The third-order valence-electron chi connectivity index (χ3n) is 3.80. The first-order valence-electron chi connectivity index (χ1n) is 7.21. The number of thiazole rings is 1. The van der Waals surface area contributed by atoms with Crippen LogP contribution in [-0.2, 0) is 13.1 Å². The molecule has 0 unspecified atom stereocenters. The molecule has 1 aliphatic heterocycles. The first-order valence-corrected chi connectivity index (χ1v) is 8.09. The van der Waals surface area contributed by atoms with Gasteiger partial charge in [0.1, 0.15) is 5.01 Å². The van der Waals surface area contributed by atoms with Gasteiger partial charge in [-0.2, -0.15) is 0 Å². The number of hydrogen-bond acceptors (Lipinski definition) is 5. The number of aromatic nitrogens is 1. The van der Waals surface area contributed by atoms with Gasteiger partial charge in [0.25, 0.3) is 0 Å². The van der Waals surface area contributed by atoms with Crippen LogP contribution < -0.4 is 5.32 Å². The van der Waals surface area contributed by atoms with Crippen LogP contribution >= 0.6 is 11.3 Å². The lowest BCUT2D eigenvalue weighted by Crippen LogP contribution is -2.41. The van der Waals surface area contributed by atoms with Crippen LogP contribution in [0, 0.1) is 0 Å². The molecular formula is C14H26N4S. The molecule has 1 aromatic rings. The van der Waals surface area contributed by atoms with Crippen molar-refractivity contribution >= 4 is 11.3 Å². The summed E-state index contributed by atoms with van der Waals surface area (Å²) in [6.45, 7) is 7.45. The fourth-order valence-electron chi connectivity index (χ4n) is 2.56. The lowest BCUT2D eigenvalue weighted by Gasteiger charge is -2.34. The minimum absolute atomic E-state index is 0.760. The summed E-state index contributed by atoms with van der Waals surface area (Å²) in [5.74, 6) is 0. The molecule has 108 valence electrons. The molecule has 2 heterocycles. The van der Waals surface area contributed by atoms with Gasteiger partial charge in [0.15, 0.2) is 0 Å². The number of nitrogens with one attached hydrogen (secondary N) is 1. The molecule has 19 heavy (non-hydrogen) atoms. The number of piperidine rings is 1. The molecule has 4 nitrogen and oxygen atoms in total. The van der Waals surface area contributed by atoms with Gasteiger partial charge in [0, 0.05) is 37.6 Å². The van der Waals surface area contributed by atoms with E-state index in [0.717, 1.165) is 25.7 Å². The molecule has 1 aromatic heterocycles. The minimum Gasteiger partial charge on any atom is -0.311 e. The molecule has 0 bridgehead atoms. The maximum Gasteiger partial charge on any atom is 0.107 e. The van der Waals surface area contributed by atoms with Crippen molar-refractivity contribution in [1.29, 1.82) is 0 Å². The molecule has 0 aliphatic carbocycles. The topological polar surface area (TPSA) is 31.4 Å². The van der Waals surface area contributed by atoms with Crippen molar-refractivity contribution in [2.75, 3.05) is 33.7 Å². The Labute approximate surface area is 120 Å². The van der Waals surface area contributed by atoms with Crippen LogP contribution in [0.4, 0.5) is 0 Å². The van der Waals surface area contributed by atoms with Crippen LogP contribution in [0.2, 0.25) is 0 Å². The molecule has 0 spiro atoms. The average Bonchev–Trinajstić information content (AvgIpc) is 2.84. The maximum atomic E-state index is 4.70. The Morgan fingerprint density at radius 1 is 1.42 bits per heavy atom. The Morgan fingerprint density at radius 2 is 2.16 bits per heavy atom. The van der Waals surface area contributed by atoms with E-state index in [9.17, 15) is 0 Å². The summed E-state index contributed by atoms with van der Waals surface area (Å²) < 4.78 is 0. The van der Waals surface area contributed by atoms with Gasteiger partial charge in [-0.05, 0) is 33.5 Å². The second-order valence-corrected chi connectivity index (χ2v) is 6.43. The van der Waals surface area contributed by atoms with Crippen LogP contribution in [0.15, 0.2) is 5.38 Å². The highest BCUT2D eigenvalue weighted by Gasteiger charge is 2.20. The molecule has 0 atom stereocenters. The van der Waals surface area contributed by atoms with Crippen molar-refractivity contribution in [2.45, 2.75) is 38.9 Å². The van der Waals surface area contributed by atoms with Crippen molar-refractivity contribution in [3.63, 3.8) is 0 Å². The molecule has 1 saturated heterocycles. The van der Waals surface area contributed by atoms with Gasteiger partial charge >= 0.3 is 0 Å². The molecule has 0 aromatic carbocycles. The van der Waals surface area contributed by atoms with Crippen LogP contribution in [0.3, 0.4) is 0 Å². The molecule has 0 saturated carbocycles. The standard InChI is InChI=1S/C14H26N4S/c1-4-15-9-14-16-12(11-19-14)10-18-7-5-13(6-8-18)17(2)3/h11,13,15H,4-10H2,1-3H3. The van der Waals surface area contributed by atoms with E-state index < -0.39 is 0 Å². The average molecular weight is 282 g/mol. The molecule has 0 radical (unpaired) electrons. The highest BCUT2D eigenvalue weighted by molar-refractivity contribution is 7.09. The smallest absolute Gasteiger partial charge is 0.107 e. The lowest BCUT2D eigenvalue weighted by atomic mass is 10.0. The third-order valence-corrected chi connectivity index (χ3v) is 4.70. The van der Waals surface area contributed by atoms with Gasteiger partial charge in [0.05, 0.1) is 5.69 Å². The molecule has 5 heteroatoms. The highest BCUT2D eigenvalue weighted by Crippen LogP contribution is 2.17. The number of hydrogen-bond donors (Lipinski definition) is 1. The summed E-state index contributed by atoms with van der Waals surface area (Å²) in [7, 11) is 4.38. The van der Waals surface area contributed by atoms with E-state index >= 15 is 0 Å². The van der Waals surface area contributed by atoms with E-state index in [2.05, 4.69) is 41.5 Å². The van der Waals surface area contributed by atoms with E-state index in [1.807, 2.05) is 0 Å². The fourth-order valence-corrected chi connectivity index (χ4v) is 3.31. The Kier molecular flexibility index (Phi) is 5.76. The number of likely N-dealkylation sites (tertiary alicyclic amines) is 1. The Balaban J connectivity index is 1.77. The molecular weight excluding hydrogens is 256 g/mol. The predicted molar refractivity (Wildman–Crippen MR) is 81.5 cm³/mol. The summed E-state index contributed by atoms with van der Waals surface area (Å²) in [5.41, 5.74) is 1.24. The van der Waals surface area contributed by atoms with Crippen molar-refractivity contribution in [2.24, 2.45) is 0 Å². The fraction of sp³-hybridized carbons (Fsp3) is 0.786. The second kappa shape index (κ2) is 7.33. The van der Waals surface area contributed by atoms with E-state index in [1.54, 1.807) is 11.3 Å². The number of rotatable bonds is 6. The van der Waals surface area contributed by atoms with E-state index in [-0.39, 0.29) is 0 Å². The number of nitrogens with zero attached hydrogens (tertiary/aromatic N) is 3. The zero-order valence-corrected chi connectivity index (χ0v) is 13.2. The van der Waals surface area contributed by atoms with Crippen molar-refractivity contribution in [3.05, 3.63) is 16.1 Å². The van der Waals surface area contributed by atoms with Crippen LogP contribution in [-0.4, -0.2) is 54.6 Å². The van der Waals surface area contributed by atoms with Gasteiger partial charge in [-0.3, -0.25) is 4.90 Å². The van der Waals surface area contributed by atoms with Crippen LogP contribution in [0.5, 0.6) is 0 Å². The Hall–Kier alpha value is -0.490. The summed E-state index contributed by atoms with van der Waals surface area (Å²) in [4.78, 5) is 9.59. The predicted octanol–water partition coefficient (Wildman–Crippen LogP) is 1.78. The monoisotopic (exact) mass is 282 g/mol. The largest absolute Gasteiger partial charge is 0.311 e. The molecule has 1 N–H and O–H groups in total. The zero-order chi connectivity index (χ0) is 13.7. The van der Waals surface area contributed by atoms with Gasteiger partial charge < -0.3 is 10.2 Å². The molecule has 2 rings (SSSR count). The van der Waals surface area contributed by atoms with Gasteiger partial charge in [-0.25, -0.2) is 4.98 Å². The highest BCUT2D eigenvalue weighted by atomic mass is 32.1. The first-order chi connectivity index (χ1) is 9.19.